The van der Waals surface area contributed by atoms with E-state index in [-0.39, 0.29) is 11.8 Å². The largest absolute Gasteiger partial charge is 0.337 e. The lowest BCUT2D eigenvalue weighted by Gasteiger charge is -2.09. The van der Waals surface area contributed by atoms with Crippen LogP contribution in [0.3, 0.4) is 0 Å². The van der Waals surface area contributed by atoms with E-state index in [4.69, 9.17) is 17.4 Å². The summed E-state index contributed by atoms with van der Waals surface area (Å²) < 4.78 is 14.2. The fourth-order valence-electron chi connectivity index (χ4n) is 1.25. The van der Waals surface area contributed by atoms with Gasteiger partial charge in [-0.25, -0.2) is 15.2 Å². The number of halogens is 3. The van der Waals surface area contributed by atoms with Crippen molar-refractivity contribution in [3.8, 4) is 0 Å². The SMILES string of the molecule is NNc1ncc(F)c(Nc2cc(Cl)ccc2Br)n1. The summed E-state index contributed by atoms with van der Waals surface area (Å²) in [6.45, 7) is 0. The molecule has 4 N–H and O–H groups in total. The van der Waals surface area contributed by atoms with Crippen molar-refractivity contribution in [2.45, 2.75) is 0 Å². The first-order valence-corrected chi connectivity index (χ1v) is 5.98. The number of hydrogen-bond acceptors (Lipinski definition) is 5. The van der Waals surface area contributed by atoms with E-state index in [1.54, 1.807) is 18.2 Å². The summed E-state index contributed by atoms with van der Waals surface area (Å²) in [5.41, 5.74) is 2.83. The Morgan fingerprint density at radius 3 is 2.89 bits per heavy atom. The Morgan fingerprint density at radius 2 is 2.17 bits per heavy atom. The molecule has 2 rings (SSSR count). The Morgan fingerprint density at radius 1 is 1.39 bits per heavy atom. The van der Waals surface area contributed by atoms with E-state index in [0.717, 1.165) is 10.7 Å². The van der Waals surface area contributed by atoms with Crippen molar-refractivity contribution < 1.29 is 4.39 Å². The van der Waals surface area contributed by atoms with Crippen LogP contribution in [-0.4, -0.2) is 9.97 Å². The molecule has 0 saturated carbocycles. The maximum Gasteiger partial charge on any atom is 0.239 e. The van der Waals surface area contributed by atoms with E-state index in [1.165, 1.54) is 0 Å². The maximum absolute atomic E-state index is 13.5. The van der Waals surface area contributed by atoms with Crippen molar-refractivity contribution in [3.05, 3.63) is 39.7 Å². The zero-order valence-electron chi connectivity index (χ0n) is 8.92. The van der Waals surface area contributed by atoms with Crippen molar-refractivity contribution in [1.82, 2.24) is 9.97 Å². The Bertz CT molecular complexity index is 580. The van der Waals surface area contributed by atoms with Gasteiger partial charge in [-0.2, -0.15) is 4.98 Å². The highest BCUT2D eigenvalue weighted by Gasteiger charge is 2.09. The average Bonchev–Trinajstić information content (AvgIpc) is 2.36. The van der Waals surface area contributed by atoms with Crippen molar-refractivity contribution >= 4 is 45.0 Å². The number of hydrogen-bond donors (Lipinski definition) is 3. The number of aromatic nitrogens is 2. The molecule has 1 heterocycles. The van der Waals surface area contributed by atoms with Crippen LogP contribution in [0.2, 0.25) is 5.02 Å². The van der Waals surface area contributed by atoms with Crippen LogP contribution in [0.25, 0.3) is 0 Å². The quantitative estimate of drug-likeness (QED) is 0.595. The lowest BCUT2D eigenvalue weighted by atomic mass is 10.3. The molecule has 0 amide bonds. The van der Waals surface area contributed by atoms with Crippen molar-refractivity contribution in [2.75, 3.05) is 10.7 Å². The van der Waals surface area contributed by atoms with E-state index in [0.29, 0.717) is 10.7 Å². The lowest BCUT2D eigenvalue weighted by molar-refractivity contribution is 0.619. The van der Waals surface area contributed by atoms with Crippen LogP contribution in [0.1, 0.15) is 0 Å². The molecule has 2 aromatic rings. The van der Waals surface area contributed by atoms with Crippen LogP contribution in [0.15, 0.2) is 28.9 Å². The second-order valence-corrected chi connectivity index (χ2v) is 4.57. The normalized spacial score (nSPS) is 10.2. The highest BCUT2D eigenvalue weighted by atomic mass is 79.9. The number of nitrogens with one attached hydrogen (secondary N) is 2. The maximum atomic E-state index is 13.5. The summed E-state index contributed by atoms with van der Waals surface area (Å²) in [5, 5.41) is 3.32. The Kier molecular flexibility index (Phi) is 3.95. The Balaban J connectivity index is 2.36. The molecule has 0 fully saturated rings. The molecule has 0 saturated heterocycles. The number of rotatable bonds is 3. The number of benzene rings is 1. The zero-order chi connectivity index (χ0) is 13.1. The van der Waals surface area contributed by atoms with Crippen LogP contribution < -0.4 is 16.6 Å². The standard InChI is InChI=1S/C10H8BrClFN5/c11-6-2-1-5(12)3-8(6)16-9-7(13)4-15-10(17-9)18-14/h1-4H,14H2,(H2,15,16,17,18). The summed E-state index contributed by atoms with van der Waals surface area (Å²) in [7, 11) is 0. The van der Waals surface area contributed by atoms with E-state index in [1.807, 2.05) is 0 Å². The number of hydrazine groups is 1. The van der Waals surface area contributed by atoms with E-state index < -0.39 is 5.82 Å². The van der Waals surface area contributed by atoms with E-state index in [2.05, 4.69) is 36.6 Å². The van der Waals surface area contributed by atoms with Gasteiger partial charge in [0.1, 0.15) is 0 Å². The van der Waals surface area contributed by atoms with E-state index >= 15 is 0 Å². The monoisotopic (exact) mass is 331 g/mol. The second kappa shape index (κ2) is 5.47. The summed E-state index contributed by atoms with van der Waals surface area (Å²) in [4.78, 5) is 7.50. The van der Waals surface area contributed by atoms with Gasteiger partial charge in [0.15, 0.2) is 11.6 Å². The van der Waals surface area contributed by atoms with Gasteiger partial charge < -0.3 is 5.32 Å². The average molecular weight is 333 g/mol. The molecule has 0 spiro atoms. The van der Waals surface area contributed by atoms with Crippen molar-refractivity contribution in [1.29, 1.82) is 0 Å². The van der Waals surface area contributed by atoms with Gasteiger partial charge in [-0.05, 0) is 34.1 Å². The van der Waals surface area contributed by atoms with Gasteiger partial charge in [0.2, 0.25) is 5.95 Å². The van der Waals surface area contributed by atoms with Gasteiger partial charge in [-0.15, -0.1) is 0 Å². The summed E-state index contributed by atoms with van der Waals surface area (Å²) in [6.07, 6.45) is 1.02. The molecule has 18 heavy (non-hydrogen) atoms. The summed E-state index contributed by atoms with van der Waals surface area (Å²) >= 11 is 9.18. The highest BCUT2D eigenvalue weighted by Crippen LogP contribution is 2.29. The number of nitrogen functional groups attached to an aromatic ring is 1. The molecule has 0 radical (unpaired) electrons. The van der Waals surface area contributed by atoms with Crippen molar-refractivity contribution in [2.24, 2.45) is 5.84 Å². The highest BCUT2D eigenvalue weighted by molar-refractivity contribution is 9.10. The molecule has 94 valence electrons. The number of nitrogens with two attached hydrogens (primary N) is 1. The van der Waals surface area contributed by atoms with Gasteiger partial charge >= 0.3 is 0 Å². The molecule has 0 bridgehead atoms. The first-order valence-electron chi connectivity index (χ1n) is 4.81. The first kappa shape index (κ1) is 13.0. The first-order chi connectivity index (χ1) is 8.60. The molecule has 0 atom stereocenters. The topological polar surface area (TPSA) is 75.9 Å². The number of nitrogens with zero attached hydrogens (tertiary/aromatic N) is 2. The van der Waals surface area contributed by atoms with Crippen LogP contribution in [0.4, 0.5) is 21.8 Å². The molecule has 0 unspecified atom stereocenters. The number of anilines is 3. The van der Waals surface area contributed by atoms with Gasteiger partial charge in [0, 0.05) is 9.50 Å². The van der Waals surface area contributed by atoms with Crippen LogP contribution >= 0.6 is 27.5 Å². The van der Waals surface area contributed by atoms with E-state index in [9.17, 15) is 4.39 Å². The molecule has 1 aromatic heterocycles. The third-order valence-corrected chi connectivity index (χ3v) is 2.98. The van der Waals surface area contributed by atoms with Crippen molar-refractivity contribution in [3.63, 3.8) is 0 Å². The Hall–Kier alpha value is -1.44. The van der Waals surface area contributed by atoms with Gasteiger partial charge in [-0.1, -0.05) is 11.6 Å². The smallest absolute Gasteiger partial charge is 0.239 e. The van der Waals surface area contributed by atoms with Gasteiger partial charge in [0.25, 0.3) is 0 Å². The fraction of sp³-hybridized carbons (Fsp3) is 0. The molecule has 1 aromatic carbocycles. The van der Waals surface area contributed by atoms with Crippen LogP contribution in [0, 0.1) is 5.82 Å². The fourth-order valence-corrected chi connectivity index (χ4v) is 1.76. The molecule has 0 aliphatic rings. The summed E-state index contributed by atoms with van der Waals surface area (Å²) in [6, 6.07) is 5.09. The van der Waals surface area contributed by atoms with Crippen LogP contribution in [0.5, 0.6) is 0 Å². The zero-order valence-corrected chi connectivity index (χ0v) is 11.3. The minimum absolute atomic E-state index is 0.000849. The summed E-state index contributed by atoms with van der Waals surface area (Å²) in [5.74, 6) is 4.67. The molecule has 5 nitrogen and oxygen atoms in total. The molecule has 8 heteroatoms. The Labute approximate surface area is 116 Å². The minimum atomic E-state index is -0.596. The molecule has 0 aliphatic carbocycles. The second-order valence-electron chi connectivity index (χ2n) is 3.28. The lowest BCUT2D eigenvalue weighted by Crippen LogP contribution is -2.12. The molecular weight excluding hydrogens is 324 g/mol. The minimum Gasteiger partial charge on any atom is -0.337 e. The van der Waals surface area contributed by atoms with Crippen LogP contribution in [-0.2, 0) is 0 Å². The predicted molar refractivity (Wildman–Crippen MR) is 72.2 cm³/mol. The third-order valence-electron chi connectivity index (χ3n) is 2.05. The molecular formula is C10H8BrClFN5. The van der Waals surface area contributed by atoms with Gasteiger partial charge in [-0.3, -0.25) is 5.43 Å². The molecule has 0 aliphatic heterocycles. The predicted octanol–water partition coefficient (Wildman–Crippen LogP) is 3.06. The third kappa shape index (κ3) is 2.87. The van der Waals surface area contributed by atoms with Gasteiger partial charge in [0.05, 0.1) is 11.9 Å².